The number of aliphatic hydroxyl groups is 1. The van der Waals surface area contributed by atoms with Crippen molar-refractivity contribution in [3.05, 3.63) is 48.6 Å². The molecule has 1 aromatic carbocycles. The Hall–Kier alpha value is -2.32. The Kier molecular flexibility index (Phi) is 6.60. The Labute approximate surface area is 198 Å². The number of hydrogen-bond donors (Lipinski definition) is 2. The van der Waals surface area contributed by atoms with Crippen LogP contribution in [0.1, 0.15) is 38.2 Å². The van der Waals surface area contributed by atoms with Crippen LogP contribution in [0.3, 0.4) is 0 Å². The van der Waals surface area contributed by atoms with Crippen LogP contribution in [0.15, 0.2) is 43.0 Å². The number of hydrogen-bond acceptors (Lipinski definition) is 5. The molecule has 2 bridgehead atoms. The van der Waals surface area contributed by atoms with Gasteiger partial charge in [-0.25, -0.2) is 0 Å². The lowest BCUT2D eigenvalue weighted by Crippen LogP contribution is -2.54. The van der Waals surface area contributed by atoms with Gasteiger partial charge in [-0.15, -0.1) is 18.3 Å². The van der Waals surface area contributed by atoms with Crippen molar-refractivity contribution in [1.29, 1.82) is 0 Å². The van der Waals surface area contributed by atoms with E-state index in [4.69, 9.17) is 0 Å². The number of unbranched alkanes of at least 4 members (excludes halogenated alkanes) is 1. The van der Waals surface area contributed by atoms with Gasteiger partial charge in [0, 0.05) is 31.0 Å². The lowest BCUT2D eigenvalue weighted by Gasteiger charge is -2.37. The number of fused-ring (bicyclic) bond motifs is 1. The predicted octanol–water partition coefficient (Wildman–Crippen LogP) is 2.54. The summed E-state index contributed by atoms with van der Waals surface area (Å²) in [5, 5.41) is 19.3. The van der Waals surface area contributed by atoms with Gasteiger partial charge in [0.05, 0.1) is 16.6 Å². The molecule has 3 saturated heterocycles. The van der Waals surface area contributed by atoms with Crippen LogP contribution in [0, 0.1) is 11.8 Å². The van der Waals surface area contributed by atoms with E-state index < -0.39 is 33.3 Å². The van der Waals surface area contributed by atoms with Crippen LogP contribution in [0.2, 0.25) is 0 Å². The van der Waals surface area contributed by atoms with E-state index in [0.29, 0.717) is 45.3 Å². The predicted molar refractivity (Wildman–Crippen MR) is 126 cm³/mol. The largest absolute Gasteiger partial charge is 0.481 e. The molecule has 0 aromatic heterocycles. The first-order chi connectivity index (χ1) is 15.8. The van der Waals surface area contributed by atoms with Crippen LogP contribution < -0.4 is 0 Å². The van der Waals surface area contributed by atoms with Crippen LogP contribution in [0.5, 0.6) is 0 Å². The van der Waals surface area contributed by atoms with Gasteiger partial charge in [-0.1, -0.05) is 36.4 Å². The fraction of sp³-hybridized carbons (Fsp3) is 0.560. The molecule has 2 amide bonds. The van der Waals surface area contributed by atoms with Crippen molar-refractivity contribution in [1.82, 2.24) is 9.80 Å². The minimum atomic E-state index is -0.958. The van der Waals surface area contributed by atoms with Crippen molar-refractivity contribution in [2.45, 2.75) is 54.7 Å². The first-order valence-corrected chi connectivity index (χ1v) is 12.4. The summed E-state index contributed by atoms with van der Waals surface area (Å²) in [5.74, 6) is -2.84. The number of amides is 2. The van der Waals surface area contributed by atoms with Crippen LogP contribution >= 0.6 is 11.8 Å². The molecule has 7 nitrogen and oxygen atoms in total. The molecule has 0 radical (unpaired) electrons. The molecule has 3 aliphatic heterocycles. The molecule has 2 N–H and O–H groups in total. The third kappa shape index (κ3) is 3.87. The van der Waals surface area contributed by atoms with E-state index in [9.17, 15) is 24.6 Å². The number of carboxylic acid groups (broad SMARTS) is 1. The zero-order valence-electron chi connectivity index (χ0n) is 19.0. The van der Waals surface area contributed by atoms with E-state index in [2.05, 4.69) is 6.58 Å². The molecule has 0 saturated carbocycles. The summed E-state index contributed by atoms with van der Waals surface area (Å²) in [6.07, 6.45) is 4.09. The van der Waals surface area contributed by atoms with Crippen molar-refractivity contribution in [2.24, 2.45) is 11.8 Å². The fourth-order valence-electron chi connectivity index (χ4n) is 6.08. The van der Waals surface area contributed by atoms with Gasteiger partial charge in [0.1, 0.15) is 6.04 Å². The van der Waals surface area contributed by atoms with Crippen LogP contribution in [-0.4, -0.2) is 73.0 Å². The SMILES string of the molecule is C=CCN(Cc1ccccc1)C(=O)C1N(CCCCO)C(=O)[C@@H]2[C@H](C(=O)O)[C@]3(C)CCC12S3. The second-order valence-corrected chi connectivity index (χ2v) is 11.4. The first kappa shape index (κ1) is 23.8. The second kappa shape index (κ2) is 9.14. The maximum atomic E-state index is 14.1. The maximum absolute atomic E-state index is 14.1. The maximum Gasteiger partial charge on any atom is 0.308 e. The monoisotopic (exact) mass is 472 g/mol. The summed E-state index contributed by atoms with van der Waals surface area (Å²) >= 11 is 1.55. The molecule has 3 aliphatic rings. The minimum Gasteiger partial charge on any atom is -0.481 e. The number of thioether (sulfide) groups is 1. The smallest absolute Gasteiger partial charge is 0.308 e. The average molecular weight is 473 g/mol. The quantitative estimate of drug-likeness (QED) is 0.401. The van der Waals surface area contributed by atoms with Crippen LogP contribution in [-0.2, 0) is 20.9 Å². The first-order valence-electron chi connectivity index (χ1n) is 11.6. The molecule has 3 heterocycles. The number of nitrogens with zero attached hydrogens (tertiary/aromatic N) is 2. The molecule has 8 heteroatoms. The Morgan fingerprint density at radius 3 is 2.64 bits per heavy atom. The average Bonchev–Trinajstić information content (AvgIpc) is 3.35. The number of carbonyl (C=O) groups is 3. The minimum absolute atomic E-state index is 0.0103. The Bertz CT molecular complexity index is 940. The molecule has 1 spiro atoms. The van der Waals surface area contributed by atoms with Gasteiger partial charge in [0.15, 0.2) is 0 Å². The Balaban J connectivity index is 1.72. The number of carboxylic acids is 1. The van der Waals surface area contributed by atoms with E-state index in [1.54, 1.807) is 27.6 Å². The number of aliphatic hydroxyl groups excluding tert-OH is 1. The molecule has 1 aromatic rings. The molecule has 5 atom stereocenters. The fourth-order valence-corrected chi connectivity index (χ4v) is 8.42. The lowest BCUT2D eigenvalue weighted by atomic mass is 9.66. The van der Waals surface area contributed by atoms with Crippen molar-refractivity contribution in [3.8, 4) is 0 Å². The Morgan fingerprint density at radius 2 is 2.00 bits per heavy atom. The third-order valence-electron chi connectivity index (χ3n) is 7.46. The molecule has 2 unspecified atom stereocenters. The number of rotatable bonds is 10. The van der Waals surface area contributed by atoms with E-state index in [0.717, 1.165) is 5.56 Å². The summed E-state index contributed by atoms with van der Waals surface area (Å²) in [6, 6.07) is 8.97. The van der Waals surface area contributed by atoms with E-state index in [1.165, 1.54) is 0 Å². The lowest BCUT2D eigenvalue weighted by molar-refractivity contribution is -0.150. The number of likely N-dealkylation sites (tertiary alicyclic amines) is 1. The number of benzene rings is 1. The van der Waals surface area contributed by atoms with Gasteiger partial charge in [0.2, 0.25) is 11.8 Å². The van der Waals surface area contributed by atoms with Crippen molar-refractivity contribution < 1.29 is 24.6 Å². The standard InChI is InChI=1S/C25H32N2O5S/c1-3-13-26(16-17-9-5-4-6-10-17)22(30)20-25-12-11-24(2,33-25)19(23(31)32)18(25)21(29)27(20)14-7-8-15-28/h3-6,9-10,18-20,28H,1,7-8,11-16H2,2H3,(H,31,32)/t18-,19+,20?,24-,25?/m0/s1. The summed E-state index contributed by atoms with van der Waals surface area (Å²) in [4.78, 5) is 43.4. The van der Waals surface area contributed by atoms with E-state index in [1.807, 2.05) is 37.3 Å². The van der Waals surface area contributed by atoms with Gasteiger partial charge in [0.25, 0.3) is 0 Å². The summed E-state index contributed by atoms with van der Waals surface area (Å²) in [5.41, 5.74) is 0.983. The van der Waals surface area contributed by atoms with E-state index >= 15 is 0 Å². The molecular weight excluding hydrogens is 440 g/mol. The molecule has 178 valence electrons. The van der Waals surface area contributed by atoms with Crippen molar-refractivity contribution in [2.75, 3.05) is 19.7 Å². The summed E-state index contributed by atoms with van der Waals surface area (Å²) in [7, 11) is 0. The van der Waals surface area contributed by atoms with Crippen molar-refractivity contribution >= 4 is 29.5 Å². The highest BCUT2D eigenvalue weighted by molar-refractivity contribution is 8.02. The normalized spacial score (nSPS) is 32.1. The molecule has 0 aliphatic carbocycles. The molecule has 3 fully saturated rings. The van der Waals surface area contributed by atoms with Gasteiger partial charge in [-0.2, -0.15) is 0 Å². The van der Waals surface area contributed by atoms with Gasteiger partial charge in [-0.3, -0.25) is 14.4 Å². The summed E-state index contributed by atoms with van der Waals surface area (Å²) < 4.78 is -1.29. The zero-order valence-corrected chi connectivity index (χ0v) is 19.8. The molecule has 33 heavy (non-hydrogen) atoms. The second-order valence-electron chi connectivity index (χ2n) is 9.52. The van der Waals surface area contributed by atoms with Crippen molar-refractivity contribution in [3.63, 3.8) is 0 Å². The highest BCUT2D eigenvalue weighted by Gasteiger charge is 2.77. The van der Waals surface area contributed by atoms with Gasteiger partial charge < -0.3 is 20.0 Å². The van der Waals surface area contributed by atoms with Gasteiger partial charge >= 0.3 is 5.97 Å². The zero-order chi connectivity index (χ0) is 23.8. The highest BCUT2D eigenvalue weighted by Crippen LogP contribution is 2.71. The summed E-state index contributed by atoms with van der Waals surface area (Å²) in [6.45, 7) is 6.83. The molecular formula is C25H32N2O5S. The molecule has 4 rings (SSSR count). The number of aliphatic carboxylic acids is 1. The number of carbonyl (C=O) groups excluding carboxylic acids is 2. The highest BCUT2D eigenvalue weighted by atomic mass is 32.2. The van der Waals surface area contributed by atoms with Crippen LogP contribution in [0.4, 0.5) is 0 Å². The van der Waals surface area contributed by atoms with Gasteiger partial charge in [-0.05, 0) is 38.2 Å². The van der Waals surface area contributed by atoms with E-state index in [-0.39, 0.29) is 18.4 Å². The Morgan fingerprint density at radius 1 is 1.27 bits per heavy atom. The van der Waals surface area contributed by atoms with Crippen LogP contribution in [0.25, 0.3) is 0 Å². The topological polar surface area (TPSA) is 98.2 Å². The third-order valence-corrected chi connectivity index (χ3v) is 9.45.